The molecule has 0 spiro atoms. The van der Waals surface area contributed by atoms with E-state index >= 15 is 0 Å². The highest BCUT2D eigenvalue weighted by Gasteiger charge is 2.10. The van der Waals surface area contributed by atoms with Gasteiger partial charge in [0.1, 0.15) is 0 Å². The van der Waals surface area contributed by atoms with Gasteiger partial charge >= 0.3 is 5.97 Å². The summed E-state index contributed by atoms with van der Waals surface area (Å²) in [4.78, 5) is 16.4. The Bertz CT molecular complexity index is 469. The number of carbonyl (C=O) groups excluding carboxylic acids is 1. The summed E-state index contributed by atoms with van der Waals surface area (Å²) in [6.07, 6.45) is 0. The molecule has 0 bridgehead atoms. The third-order valence-corrected chi connectivity index (χ3v) is 2.66. The highest BCUT2D eigenvalue weighted by atomic mass is 16.7. The molecule has 0 radical (unpaired) electrons. The zero-order chi connectivity index (χ0) is 13.5. The molecule has 0 heterocycles. The van der Waals surface area contributed by atoms with Crippen molar-refractivity contribution >= 4 is 5.97 Å². The molecule has 0 saturated carbocycles. The van der Waals surface area contributed by atoms with E-state index in [9.17, 15) is 4.79 Å². The molecule has 3 nitrogen and oxygen atoms in total. The lowest BCUT2D eigenvalue weighted by molar-refractivity contribution is -0.194. The SMILES string of the molecule is CC(=O)ON(Cc1ccccc1)Cc1ccccc1. The van der Waals surface area contributed by atoms with Crippen LogP contribution in [-0.2, 0) is 22.7 Å². The summed E-state index contributed by atoms with van der Waals surface area (Å²) in [6.45, 7) is 2.58. The Balaban J connectivity index is 2.06. The molecule has 0 aliphatic heterocycles. The average Bonchev–Trinajstić information content (AvgIpc) is 2.40. The second kappa shape index (κ2) is 6.71. The zero-order valence-electron chi connectivity index (χ0n) is 11.0. The molecule has 0 amide bonds. The molecule has 2 aromatic carbocycles. The molecule has 0 saturated heterocycles. The fourth-order valence-corrected chi connectivity index (χ4v) is 1.88. The fraction of sp³-hybridized carbons (Fsp3) is 0.188. The fourth-order valence-electron chi connectivity index (χ4n) is 1.88. The predicted octanol–water partition coefficient (Wildman–Crippen LogP) is 3.17. The van der Waals surface area contributed by atoms with Crippen molar-refractivity contribution in [3.05, 3.63) is 71.8 Å². The molecule has 0 aliphatic carbocycles. The second-order valence-corrected chi connectivity index (χ2v) is 4.35. The molecule has 2 rings (SSSR count). The van der Waals surface area contributed by atoms with Crippen LogP contribution in [0.15, 0.2) is 60.7 Å². The molecule has 0 aliphatic rings. The first-order valence-electron chi connectivity index (χ1n) is 6.25. The summed E-state index contributed by atoms with van der Waals surface area (Å²) in [5, 5.41) is 1.67. The van der Waals surface area contributed by atoms with E-state index in [0.29, 0.717) is 13.1 Å². The van der Waals surface area contributed by atoms with Crippen LogP contribution < -0.4 is 0 Å². The smallest absolute Gasteiger partial charge is 0.322 e. The number of carbonyl (C=O) groups is 1. The number of hydroxylamine groups is 2. The van der Waals surface area contributed by atoms with E-state index in [2.05, 4.69) is 0 Å². The van der Waals surface area contributed by atoms with Gasteiger partial charge in [-0.1, -0.05) is 60.7 Å². The monoisotopic (exact) mass is 255 g/mol. The zero-order valence-corrected chi connectivity index (χ0v) is 11.0. The average molecular weight is 255 g/mol. The van der Waals surface area contributed by atoms with Crippen LogP contribution in [0.2, 0.25) is 0 Å². The lowest BCUT2D eigenvalue weighted by atomic mass is 10.2. The second-order valence-electron chi connectivity index (χ2n) is 4.35. The third-order valence-electron chi connectivity index (χ3n) is 2.66. The summed E-state index contributed by atoms with van der Waals surface area (Å²) in [5.74, 6) is -0.299. The summed E-state index contributed by atoms with van der Waals surface area (Å²) < 4.78 is 0. The van der Waals surface area contributed by atoms with Gasteiger partial charge < -0.3 is 4.84 Å². The molecule has 0 aromatic heterocycles. The molecule has 3 heteroatoms. The first kappa shape index (κ1) is 13.3. The predicted molar refractivity (Wildman–Crippen MR) is 73.9 cm³/mol. The van der Waals surface area contributed by atoms with Gasteiger partial charge in [-0.25, -0.2) is 0 Å². The highest BCUT2D eigenvalue weighted by Crippen LogP contribution is 2.10. The van der Waals surface area contributed by atoms with E-state index in [1.165, 1.54) is 6.92 Å². The Kier molecular flexibility index (Phi) is 4.70. The van der Waals surface area contributed by atoms with Crippen LogP contribution >= 0.6 is 0 Å². The van der Waals surface area contributed by atoms with E-state index in [0.717, 1.165) is 11.1 Å². The summed E-state index contributed by atoms with van der Waals surface area (Å²) in [7, 11) is 0. The Hall–Kier alpha value is -2.13. The van der Waals surface area contributed by atoms with Crippen molar-refractivity contribution in [2.45, 2.75) is 20.0 Å². The molecule has 0 N–H and O–H groups in total. The number of benzene rings is 2. The van der Waals surface area contributed by atoms with Crippen LogP contribution in [0.25, 0.3) is 0 Å². The van der Waals surface area contributed by atoms with Crippen LogP contribution in [0.1, 0.15) is 18.1 Å². The molecule has 98 valence electrons. The lowest BCUT2D eigenvalue weighted by Crippen LogP contribution is -2.25. The van der Waals surface area contributed by atoms with E-state index < -0.39 is 0 Å². The van der Waals surface area contributed by atoms with Crippen molar-refractivity contribution < 1.29 is 9.63 Å². The number of rotatable bonds is 5. The summed E-state index contributed by atoms with van der Waals surface area (Å²) >= 11 is 0. The van der Waals surface area contributed by atoms with Crippen molar-refractivity contribution in [1.82, 2.24) is 5.06 Å². The maximum atomic E-state index is 11.2. The van der Waals surface area contributed by atoms with Gasteiger partial charge in [-0.15, -0.1) is 5.06 Å². The number of hydrogen-bond donors (Lipinski definition) is 0. The quantitative estimate of drug-likeness (QED) is 0.769. The van der Waals surface area contributed by atoms with Crippen LogP contribution in [0, 0.1) is 0 Å². The molecule has 0 atom stereocenters. The Labute approximate surface area is 113 Å². The number of nitrogens with zero attached hydrogens (tertiary/aromatic N) is 1. The summed E-state index contributed by atoms with van der Waals surface area (Å²) in [5.41, 5.74) is 2.22. The lowest BCUT2D eigenvalue weighted by Gasteiger charge is -2.20. The molecule has 0 fully saturated rings. The third kappa shape index (κ3) is 4.56. The van der Waals surface area contributed by atoms with Crippen molar-refractivity contribution in [1.29, 1.82) is 0 Å². The summed E-state index contributed by atoms with van der Waals surface area (Å²) in [6, 6.07) is 19.9. The standard InChI is InChI=1S/C16H17NO2/c1-14(18)19-17(12-15-8-4-2-5-9-15)13-16-10-6-3-7-11-16/h2-11H,12-13H2,1H3. The van der Waals surface area contributed by atoms with E-state index in [4.69, 9.17) is 4.84 Å². The van der Waals surface area contributed by atoms with Gasteiger partial charge in [0.25, 0.3) is 0 Å². The first-order valence-corrected chi connectivity index (χ1v) is 6.25. The maximum absolute atomic E-state index is 11.2. The van der Waals surface area contributed by atoms with E-state index in [1.807, 2.05) is 60.7 Å². The maximum Gasteiger partial charge on any atom is 0.322 e. The highest BCUT2D eigenvalue weighted by molar-refractivity contribution is 5.65. The molecular formula is C16H17NO2. The van der Waals surface area contributed by atoms with Crippen LogP contribution in [0.4, 0.5) is 0 Å². The van der Waals surface area contributed by atoms with E-state index in [-0.39, 0.29) is 5.97 Å². The largest absolute Gasteiger partial charge is 0.368 e. The van der Waals surface area contributed by atoms with Crippen molar-refractivity contribution in [3.8, 4) is 0 Å². The molecule has 19 heavy (non-hydrogen) atoms. The Morgan fingerprint density at radius 1 is 0.895 bits per heavy atom. The van der Waals surface area contributed by atoms with Crippen molar-refractivity contribution in [2.24, 2.45) is 0 Å². The van der Waals surface area contributed by atoms with Gasteiger partial charge in [0.05, 0.1) is 13.1 Å². The van der Waals surface area contributed by atoms with E-state index in [1.54, 1.807) is 5.06 Å². The minimum absolute atomic E-state index is 0.299. The van der Waals surface area contributed by atoms with Gasteiger partial charge in [-0.05, 0) is 11.1 Å². The Morgan fingerprint density at radius 3 is 1.68 bits per heavy atom. The minimum atomic E-state index is -0.299. The molecule has 2 aromatic rings. The van der Waals surface area contributed by atoms with Gasteiger partial charge in [0.15, 0.2) is 0 Å². The molecule has 0 unspecified atom stereocenters. The van der Waals surface area contributed by atoms with Gasteiger partial charge in [-0.3, -0.25) is 4.79 Å². The van der Waals surface area contributed by atoms with Gasteiger partial charge in [0, 0.05) is 6.92 Å². The molecular weight excluding hydrogens is 238 g/mol. The number of hydrogen-bond acceptors (Lipinski definition) is 3. The normalized spacial score (nSPS) is 10.4. The van der Waals surface area contributed by atoms with Crippen molar-refractivity contribution in [3.63, 3.8) is 0 Å². The van der Waals surface area contributed by atoms with Crippen LogP contribution in [-0.4, -0.2) is 11.0 Å². The van der Waals surface area contributed by atoms with Gasteiger partial charge in [-0.2, -0.15) is 0 Å². The van der Waals surface area contributed by atoms with Crippen molar-refractivity contribution in [2.75, 3.05) is 0 Å². The Morgan fingerprint density at radius 2 is 1.32 bits per heavy atom. The van der Waals surface area contributed by atoms with Gasteiger partial charge in [0.2, 0.25) is 0 Å². The minimum Gasteiger partial charge on any atom is -0.368 e. The van der Waals surface area contributed by atoms with Crippen LogP contribution in [0.5, 0.6) is 0 Å². The topological polar surface area (TPSA) is 29.5 Å². The first-order chi connectivity index (χ1) is 9.24. The van der Waals surface area contributed by atoms with Crippen LogP contribution in [0.3, 0.4) is 0 Å².